The molecule has 0 N–H and O–H groups in total. The van der Waals surface area contributed by atoms with E-state index < -0.39 is 0 Å². The molecule has 3 nitrogen and oxygen atoms in total. The molecule has 1 aromatic carbocycles. The highest BCUT2D eigenvalue weighted by Crippen LogP contribution is 2.64. The summed E-state index contributed by atoms with van der Waals surface area (Å²) in [5.41, 5.74) is 2.54. The highest BCUT2D eigenvalue weighted by molar-refractivity contribution is 9.10. The monoisotopic (exact) mass is 416 g/mol. The summed E-state index contributed by atoms with van der Waals surface area (Å²) >= 11 is 4.05. The maximum absolute atomic E-state index is 13.6. The fourth-order valence-corrected chi connectivity index (χ4v) is 8.18. The Labute approximate surface area is 165 Å². The second kappa shape index (κ2) is 5.98. The normalized spacial score (nSPS) is 38.7. The molecule has 0 aromatic heterocycles. The molecule has 0 spiro atoms. The molecular formula is C22H29BrN2O. The summed E-state index contributed by atoms with van der Waals surface area (Å²) in [6.07, 6.45) is 7.31. The number of carbonyl (C=O) groups is 1. The van der Waals surface area contributed by atoms with E-state index >= 15 is 0 Å². The Balaban J connectivity index is 1.29. The van der Waals surface area contributed by atoms with Gasteiger partial charge in [0.25, 0.3) is 0 Å². The van der Waals surface area contributed by atoms with Crippen molar-refractivity contribution in [3.63, 3.8) is 0 Å². The molecule has 4 bridgehead atoms. The van der Waals surface area contributed by atoms with E-state index in [2.05, 4.69) is 56.9 Å². The summed E-state index contributed by atoms with van der Waals surface area (Å²) in [4.78, 5) is 18.2. The summed E-state index contributed by atoms with van der Waals surface area (Å²) in [6.45, 7) is 5.81. The molecule has 4 aliphatic carbocycles. The van der Waals surface area contributed by atoms with Gasteiger partial charge in [-0.2, -0.15) is 0 Å². The van der Waals surface area contributed by atoms with Crippen LogP contribution in [0.15, 0.2) is 24.3 Å². The molecule has 2 unspecified atom stereocenters. The Hall–Kier alpha value is -1.03. The second-order valence-electron chi connectivity index (χ2n) is 9.51. The van der Waals surface area contributed by atoms with Crippen LogP contribution in [0.25, 0.3) is 0 Å². The molecule has 1 saturated heterocycles. The Morgan fingerprint density at radius 2 is 1.77 bits per heavy atom. The number of amides is 1. The van der Waals surface area contributed by atoms with Crippen molar-refractivity contribution >= 4 is 27.5 Å². The van der Waals surface area contributed by atoms with Crippen LogP contribution in [0.1, 0.15) is 44.1 Å². The van der Waals surface area contributed by atoms with Crippen LogP contribution >= 0.6 is 15.9 Å². The summed E-state index contributed by atoms with van der Waals surface area (Å²) in [5.74, 6) is 2.01. The minimum absolute atomic E-state index is 0.0565. The Morgan fingerprint density at radius 3 is 2.38 bits per heavy atom. The molecule has 1 aliphatic heterocycles. The van der Waals surface area contributed by atoms with Crippen molar-refractivity contribution in [2.45, 2.75) is 49.8 Å². The average molecular weight is 417 g/mol. The third kappa shape index (κ3) is 2.80. The van der Waals surface area contributed by atoms with Gasteiger partial charge in [0.15, 0.2) is 0 Å². The first-order valence-corrected chi connectivity index (χ1v) is 11.0. The second-order valence-corrected chi connectivity index (χ2v) is 11.2. The van der Waals surface area contributed by atoms with Gasteiger partial charge < -0.3 is 9.80 Å². The number of alkyl halides is 1. The maximum Gasteiger partial charge on any atom is 0.228 e. The fourth-order valence-electron chi connectivity index (χ4n) is 6.73. The van der Waals surface area contributed by atoms with Gasteiger partial charge in [-0.15, -0.1) is 0 Å². The minimum atomic E-state index is -0.0565. The van der Waals surface area contributed by atoms with Gasteiger partial charge in [-0.1, -0.05) is 28.1 Å². The largest absolute Gasteiger partial charge is 0.368 e. The predicted molar refractivity (Wildman–Crippen MR) is 109 cm³/mol. The van der Waals surface area contributed by atoms with Crippen LogP contribution in [0, 0.1) is 24.2 Å². The number of carbonyl (C=O) groups excluding carboxylic acids is 1. The summed E-state index contributed by atoms with van der Waals surface area (Å²) in [5, 5.41) is 0. The van der Waals surface area contributed by atoms with E-state index in [1.807, 2.05) is 0 Å². The number of rotatable bonds is 2. The lowest BCUT2D eigenvalue weighted by Gasteiger charge is -2.60. The van der Waals surface area contributed by atoms with Crippen molar-refractivity contribution in [3.05, 3.63) is 29.8 Å². The number of aryl methyl sites for hydroxylation is 1. The SMILES string of the molecule is Cc1cccc(N2CCN(C(=O)C34CC5CC(CC(Br)(C5)C3)C4)CC2)c1. The molecule has 2 atom stereocenters. The number of benzene rings is 1. The third-order valence-electron chi connectivity index (χ3n) is 7.38. The zero-order valence-electron chi connectivity index (χ0n) is 15.7. The number of hydrogen-bond donors (Lipinski definition) is 0. The maximum atomic E-state index is 13.6. The predicted octanol–water partition coefficient (Wildman–Crippen LogP) is 4.38. The van der Waals surface area contributed by atoms with Gasteiger partial charge in [-0.3, -0.25) is 4.79 Å². The van der Waals surface area contributed by atoms with Gasteiger partial charge in [0.05, 0.1) is 5.41 Å². The average Bonchev–Trinajstić information content (AvgIpc) is 2.59. The molecule has 5 fully saturated rings. The number of hydrogen-bond acceptors (Lipinski definition) is 2. The van der Waals surface area contributed by atoms with Gasteiger partial charge >= 0.3 is 0 Å². The van der Waals surface area contributed by atoms with Gasteiger partial charge in [-0.25, -0.2) is 0 Å². The van der Waals surface area contributed by atoms with E-state index in [9.17, 15) is 4.79 Å². The van der Waals surface area contributed by atoms with Crippen LogP contribution in [0.3, 0.4) is 0 Å². The summed E-state index contributed by atoms with van der Waals surface area (Å²) < 4.78 is 0.260. The van der Waals surface area contributed by atoms with Crippen LogP contribution in [-0.4, -0.2) is 41.3 Å². The van der Waals surface area contributed by atoms with Crippen LogP contribution in [0.4, 0.5) is 5.69 Å². The number of anilines is 1. The highest BCUT2D eigenvalue weighted by Gasteiger charge is 2.60. The zero-order chi connectivity index (χ0) is 17.9. The van der Waals surface area contributed by atoms with E-state index in [1.165, 1.54) is 30.5 Å². The van der Waals surface area contributed by atoms with Crippen LogP contribution in [0.2, 0.25) is 0 Å². The van der Waals surface area contributed by atoms with Crippen molar-refractivity contribution in [2.75, 3.05) is 31.1 Å². The quantitative estimate of drug-likeness (QED) is 0.667. The lowest BCUT2D eigenvalue weighted by molar-refractivity contribution is -0.155. The van der Waals surface area contributed by atoms with E-state index in [0.29, 0.717) is 5.91 Å². The molecule has 26 heavy (non-hydrogen) atoms. The van der Waals surface area contributed by atoms with Crippen molar-refractivity contribution < 1.29 is 4.79 Å². The van der Waals surface area contributed by atoms with Crippen LogP contribution in [-0.2, 0) is 4.79 Å². The number of piperazine rings is 1. The Morgan fingerprint density at radius 1 is 1.08 bits per heavy atom. The molecule has 1 heterocycles. The minimum Gasteiger partial charge on any atom is -0.368 e. The summed E-state index contributed by atoms with van der Waals surface area (Å²) in [6, 6.07) is 8.73. The van der Waals surface area contributed by atoms with Gasteiger partial charge in [0, 0.05) is 36.2 Å². The summed E-state index contributed by atoms with van der Waals surface area (Å²) in [7, 11) is 0. The van der Waals surface area contributed by atoms with Crippen LogP contribution in [0.5, 0.6) is 0 Å². The molecule has 5 aliphatic rings. The molecule has 6 rings (SSSR count). The molecule has 0 radical (unpaired) electrons. The molecule has 1 aromatic rings. The van der Waals surface area contributed by atoms with Crippen molar-refractivity contribution in [1.82, 2.24) is 4.90 Å². The third-order valence-corrected chi connectivity index (χ3v) is 8.30. The standard InChI is InChI=1S/C22H29BrN2O/c1-16-3-2-4-19(9-16)24-5-7-25(8-6-24)20(26)21-11-17-10-18(12-21)14-22(23,13-17)15-21/h2-4,9,17-18H,5-8,10-15H2,1H3. The van der Waals surface area contributed by atoms with Crippen LogP contribution < -0.4 is 4.90 Å². The topological polar surface area (TPSA) is 23.6 Å². The smallest absolute Gasteiger partial charge is 0.228 e. The molecule has 140 valence electrons. The lowest BCUT2D eigenvalue weighted by atomic mass is 9.49. The first-order valence-electron chi connectivity index (χ1n) is 10.2. The van der Waals surface area contributed by atoms with E-state index in [-0.39, 0.29) is 9.74 Å². The Kier molecular flexibility index (Phi) is 3.93. The van der Waals surface area contributed by atoms with Gasteiger partial charge in [0.1, 0.15) is 0 Å². The van der Waals surface area contributed by atoms with Crippen molar-refractivity contribution in [2.24, 2.45) is 17.3 Å². The lowest BCUT2D eigenvalue weighted by Crippen LogP contribution is -2.61. The van der Waals surface area contributed by atoms with E-state index in [4.69, 9.17) is 0 Å². The van der Waals surface area contributed by atoms with Crippen molar-refractivity contribution in [1.29, 1.82) is 0 Å². The first-order chi connectivity index (χ1) is 12.4. The van der Waals surface area contributed by atoms with Crippen molar-refractivity contribution in [3.8, 4) is 0 Å². The molecular weight excluding hydrogens is 388 g/mol. The molecule has 4 saturated carbocycles. The number of nitrogens with zero attached hydrogens (tertiary/aromatic N) is 2. The van der Waals surface area contributed by atoms with Gasteiger partial charge in [-0.05, 0) is 75.0 Å². The van der Waals surface area contributed by atoms with E-state index in [1.54, 1.807) is 0 Å². The first kappa shape index (κ1) is 17.1. The molecule has 1 amide bonds. The molecule has 4 heteroatoms. The van der Waals surface area contributed by atoms with E-state index in [0.717, 1.165) is 57.3 Å². The highest BCUT2D eigenvalue weighted by atomic mass is 79.9. The van der Waals surface area contributed by atoms with Gasteiger partial charge in [0.2, 0.25) is 5.91 Å². The number of halogens is 1. The zero-order valence-corrected chi connectivity index (χ0v) is 17.3. The Bertz CT molecular complexity index is 711. The fraction of sp³-hybridized carbons (Fsp3) is 0.682.